The van der Waals surface area contributed by atoms with E-state index < -0.39 is 8.32 Å². The van der Waals surface area contributed by atoms with Gasteiger partial charge in [0.05, 0.1) is 35.1 Å². The second kappa shape index (κ2) is 9.29. The van der Waals surface area contributed by atoms with Crippen LogP contribution in [-0.4, -0.2) is 58.0 Å². The van der Waals surface area contributed by atoms with E-state index in [1.165, 1.54) is 7.11 Å². The van der Waals surface area contributed by atoms with Crippen molar-refractivity contribution in [2.45, 2.75) is 64.3 Å². The van der Waals surface area contributed by atoms with Crippen molar-refractivity contribution < 1.29 is 14.0 Å². The fourth-order valence-electron chi connectivity index (χ4n) is 3.59. The van der Waals surface area contributed by atoms with E-state index in [0.29, 0.717) is 22.4 Å². The summed E-state index contributed by atoms with van der Waals surface area (Å²) in [4.78, 5) is 28.2. The maximum atomic E-state index is 13.0. The number of ether oxygens (including phenoxy) is 1. The molecule has 7 nitrogen and oxygen atoms in total. The third-order valence-electron chi connectivity index (χ3n) is 6.34. The van der Waals surface area contributed by atoms with Gasteiger partial charge in [-0.15, -0.1) is 0 Å². The zero-order valence-corrected chi connectivity index (χ0v) is 22.8. The van der Waals surface area contributed by atoms with E-state index in [1.807, 2.05) is 25.6 Å². The number of carbonyl (C=O) groups excluding carboxylic acids is 1. The van der Waals surface area contributed by atoms with Crippen molar-refractivity contribution in [3.63, 3.8) is 0 Å². The first kappa shape index (κ1) is 25.3. The zero-order valence-electron chi connectivity index (χ0n) is 19.7. The first-order chi connectivity index (χ1) is 13.8. The minimum Gasteiger partial charge on any atom is -0.491 e. The predicted molar refractivity (Wildman–Crippen MR) is 131 cm³/mol. The Morgan fingerprint density at radius 3 is 2.40 bits per heavy atom. The van der Waals surface area contributed by atoms with Gasteiger partial charge in [-0.1, -0.05) is 20.8 Å². The summed E-state index contributed by atoms with van der Waals surface area (Å²) in [5, 5.41) is 2.94. The van der Waals surface area contributed by atoms with Crippen molar-refractivity contribution in [2.24, 2.45) is 0 Å². The number of aromatic nitrogens is 1. The van der Waals surface area contributed by atoms with Crippen molar-refractivity contribution in [3.05, 3.63) is 25.2 Å². The molecule has 0 aliphatic carbocycles. The summed E-state index contributed by atoms with van der Waals surface area (Å²) in [6.07, 6.45) is 0.774. The van der Waals surface area contributed by atoms with Gasteiger partial charge in [0.15, 0.2) is 19.8 Å². The number of fused-ring (bicyclic) bond motifs is 1. The lowest BCUT2D eigenvalue weighted by Crippen LogP contribution is -2.42. The fraction of sp³-hybridized carbons (Fsp3) is 0.714. The van der Waals surface area contributed by atoms with Gasteiger partial charge in [0.1, 0.15) is 0 Å². The topological polar surface area (TPSA) is 72.8 Å². The Bertz CT molecular complexity index is 861. The summed E-state index contributed by atoms with van der Waals surface area (Å²) >= 11 is 2.09. The SMILES string of the molecule is CCNC(=O)c1c(OC)c(=O)c(I)c2n1[C@H](CO[Si](C)(C)C(C)(C)C)C[C@H]2N(C)C. The van der Waals surface area contributed by atoms with Crippen LogP contribution in [0.4, 0.5) is 0 Å². The van der Waals surface area contributed by atoms with E-state index in [9.17, 15) is 9.59 Å². The Morgan fingerprint density at radius 2 is 1.93 bits per heavy atom. The number of pyridine rings is 1. The van der Waals surface area contributed by atoms with Gasteiger partial charge in [0.25, 0.3) is 5.91 Å². The molecule has 2 rings (SSSR count). The summed E-state index contributed by atoms with van der Waals surface area (Å²) in [6.45, 7) is 13.9. The van der Waals surface area contributed by atoms with Crippen LogP contribution in [0.3, 0.4) is 0 Å². The summed E-state index contributed by atoms with van der Waals surface area (Å²) in [6, 6.07) is -0.0288. The minimum atomic E-state index is -1.97. The third-order valence-corrected chi connectivity index (χ3v) is 11.9. The minimum absolute atomic E-state index is 0.0247. The first-order valence-corrected chi connectivity index (χ1v) is 14.4. The van der Waals surface area contributed by atoms with Crippen LogP contribution in [-0.2, 0) is 4.43 Å². The molecule has 0 bridgehead atoms. The van der Waals surface area contributed by atoms with E-state index in [1.54, 1.807) is 0 Å². The summed E-state index contributed by atoms with van der Waals surface area (Å²) in [5.41, 5.74) is 0.938. The number of methoxy groups -OCH3 is 1. The molecule has 1 aliphatic heterocycles. The van der Waals surface area contributed by atoms with Crippen LogP contribution in [0.15, 0.2) is 4.79 Å². The molecule has 0 fully saturated rings. The Labute approximate surface area is 194 Å². The molecule has 9 heteroatoms. The zero-order chi connectivity index (χ0) is 23.0. The second-order valence-corrected chi connectivity index (χ2v) is 15.5. The van der Waals surface area contributed by atoms with Crippen LogP contribution >= 0.6 is 22.6 Å². The van der Waals surface area contributed by atoms with Gasteiger partial charge in [-0.25, -0.2) is 0 Å². The standard InChI is InChI=1S/C21H36IN3O4Si/c1-10-23-20(27)17-19(28-7)18(26)15(22)16-14(24(5)6)11-13(25(16)17)12-29-30(8,9)21(2,3)4/h13-14H,10-12H2,1-9H3,(H,23,27)/t13-,14+/m0/s1. The Morgan fingerprint density at radius 1 is 1.33 bits per heavy atom. The van der Waals surface area contributed by atoms with Crippen LogP contribution in [0, 0.1) is 3.57 Å². The molecule has 170 valence electrons. The van der Waals surface area contributed by atoms with E-state index in [2.05, 4.69) is 66.7 Å². The average Bonchev–Trinajstić information content (AvgIpc) is 3.01. The number of rotatable bonds is 7. The van der Waals surface area contributed by atoms with Crippen LogP contribution in [0.2, 0.25) is 18.1 Å². The Kier molecular flexibility index (Phi) is 7.85. The predicted octanol–water partition coefficient (Wildman–Crippen LogP) is 3.78. The molecule has 0 saturated carbocycles. The van der Waals surface area contributed by atoms with Gasteiger partial charge >= 0.3 is 0 Å². The van der Waals surface area contributed by atoms with Crippen molar-refractivity contribution in [1.82, 2.24) is 14.8 Å². The molecule has 1 aliphatic rings. The van der Waals surface area contributed by atoms with Gasteiger partial charge in [0.2, 0.25) is 5.43 Å². The van der Waals surface area contributed by atoms with Gasteiger partial charge in [-0.2, -0.15) is 0 Å². The molecular formula is C21H36IN3O4Si. The lowest BCUT2D eigenvalue weighted by molar-refractivity contribution is 0.0937. The van der Waals surface area contributed by atoms with Crippen molar-refractivity contribution in [2.75, 3.05) is 34.4 Å². The maximum Gasteiger partial charge on any atom is 0.271 e. The van der Waals surface area contributed by atoms with Gasteiger partial charge < -0.3 is 23.9 Å². The molecule has 0 spiro atoms. The molecule has 1 aromatic heterocycles. The van der Waals surface area contributed by atoms with Gasteiger partial charge in [0, 0.05) is 6.54 Å². The van der Waals surface area contributed by atoms with E-state index in [4.69, 9.17) is 9.16 Å². The van der Waals surface area contributed by atoms with Crippen LogP contribution in [0.1, 0.15) is 62.4 Å². The molecule has 1 N–H and O–H groups in total. The highest BCUT2D eigenvalue weighted by Gasteiger charge is 2.42. The molecule has 0 unspecified atom stereocenters. The third kappa shape index (κ3) is 4.63. The lowest BCUT2D eigenvalue weighted by atomic mass is 10.1. The van der Waals surface area contributed by atoms with Crippen LogP contribution in [0.25, 0.3) is 0 Å². The number of carbonyl (C=O) groups is 1. The molecule has 30 heavy (non-hydrogen) atoms. The van der Waals surface area contributed by atoms with E-state index in [-0.39, 0.29) is 34.2 Å². The van der Waals surface area contributed by atoms with Gasteiger partial charge in [-0.05, 0) is 68.2 Å². The fourth-order valence-corrected chi connectivity index (χ4v) is 5.49. The Hall–Kier alpha value is -0.913. The molecular weight excluding hydrogens is 513 g/mol. The average molecular weight is 550 g/mol. The number of hydrogen-bond donors (Lipinski definition) is 1. The number of amides is 1. The van der Waals surface area contributed by atoms with Crippen molar-refractivity contribution >= 4 is 36.8 Å². The monoisotopic (exact) mass is 549 g/mol. The number of hydrogen-bond acceptors (Lipinski definition) is 5. The Balaban J connectivity index is 2.67. The number of halogens is 1. The molecule has 2 heterocycles. The van der Waals surface area contributed by atoms with Gasteiger partial charge in [-0.3, -0.25) is 9.59 Å². The van der Waals surface area contributed by atoms with Crippen molar-refractivity contribution in [3.8, 4) is 5.75 Å². The normalized spacial score (nSPS) is 19.2. The molecule has 1 amide bonds. The van der Waals surface area contributed by atoms with Crippen molar-refractivity contribution in [1.29, 1.82) is 0 Å². The highest BCUT2D eigenvalue weighted by atomic mass is 127. The molecule has 0 aromatic carbocycles. The highest BCUT2D eigenvalue weighted by Crippen LogP contribution is 2.43. The molecule has 0 saturated heterocycles. The van der Waals surface area contributed by atoms with E-state index in [0.717, 1.165) is 12.1 Å². The number of nitrogens with zero attached hydrogens (tertiary/aromatic N) is 2. The lowest BCUT2D eigenvalue weighted by Gasteiger charge is -2.37. The summed E-state index contributed by atoms with van der Waals surface area (Å²) in [7, 11) is 3.48. The molecule has 0 radical (unpaired) electrons. The highest BCUT2D eigenvalue weighted by molar-refractivity contribution is 14.1. The van der Waals surface area contributed by atoms with Crippen LogP contribution in [0.5, 0.6) is 5.75 Å². The maximum absolute atomic E-state index is 13.0. The summed E-state index contributed by atoms with van der Waals surface area (Å²) in [5.74, 6) is -0.188. The quantitative estimate of drug-likeness (QED) is 0.414. The number of nitrogens with one attached hydrogen (secondary N) is 1. The van der Waals surface area contributed by atoms with Crippen LogP contribution < -0.4 is 15.5 Å². The first-order valence-electron chi connectivity index (χ1n) is 10.4. The second-order valence-electron chi connectivity index (χ2n) is 9.58. The molecule has 1 aromatic rings. The largest absolute Gasteiger partial charge is 0.491 e. The van der Waals surface area contributed by atoms with E-state index >= 15 is 0 Å². The molecule has 2 atom stereocenters. The smallest absolute Gasteiger partial charge is 0.271 e. The summed E-state index contributed by atoms with van der Waals surface area (Å²) < 4.78 is 14.6.